The molecule has 0 aliphatic rings. The third kappa shape index (κ3) is 4.99. The van der Waals surface area contributed by atoms with Gasteiger partial charge in [0.15, 0.2) is 16.6 Å². The normalized spacial score (nSPS) is 10.3. The Hall–Kier alpha value is -2.58. The van der Waals surface area contributed by atoms with E-state index < -0.39 is 4.92 Å². The summed E-state index contributed by atoms with van der Waals surface area (Å²) in [5.74, 6) is 1.29. The summed E-state index contributed by atoms with van der Waals surface area (Å²) in [5, 5.41) is 14.6. The zero-order chi connectivity index (χ0) is 20.1. The summed E-state index contributed by atoms with van der Waals surface area (Å²) in [6, 6.07) is 7.95. The first-order chi connectivity index (χ1) is 12.8. The van der Waals surface area contributed by atoms with Gasteiger partial charge < -0.3 is 19.7 Å². The molecule has 2 aromatic carbocycles. The Balaban J connectivity index is 2.17. The molecule has 1 N–H and O–H groups in total. The van der Waals surface area contributed by atoms with Crippen molar-refractivity contribution in [3.05, 3.63) is 56.6 Å². The molecule has 0 unspecified atom stereocenters. The molecule has 0 aromatic heterocycles. The number of nitrogens with one attached hydrogen (secondary N) is 1. The zero-order valence-corrected chi connectivity index (χ0v) is 17.0. The van der Waals surface area contributed by atoms with Crippen molar-refractivity contribution in [2.24, 2.45) is 0 Å². The largest absolute Gasteiger partial charge is 0.493 e. The second-order valence-corrected chi connectivity index (χ2v) is 6.64. The summed E-state index contributed by atoms with van der Waals surface area (Å²) in [7, 11) is 4.98. The summed E-state index contributed by atoms with van der Waals surface area (Å²) < 4.78 is 10.6. The number of aryl methyl sites for hydroxylation is 1. The highest BCUT2D eigenvalue weighted by Gasteiger charge is 2.15. The second kappa shape index (κ2) is 8.88. The van der Waals surface area contributed by atoms with Crippen molar-refractivity contribution in [3.8, 4) is 11.5 Å². The number of halogens is 1. The number of methoxy groups -OCH3 is 2. The number of rotatable bonds is 6. The van der Waals surface area contributed by atoms with E-state index in [1.54, 1.807) is 19.1 Å². The van der Waals surface area contributed by atoms with Gasteiger partial charge in [-0.25, -0.2) is 0 Å². The number of nitrogens with zero attached hydrogens (tertiary/aromatic N) is 2. The number of hydrogen-bond acceptors (Lipinski definition) is 5. The van der Waals surface area contributed by atoms with Gasteiger partial charge in [0.25, 0.3) is 5.69 Å². The van der Waals surface area contributed by atoms with Crippen molar-refractivity contribution >= 4 is 40.3 Å². The molecule has 144 valence electrons. The smallest absolute Gasteiger partial charge is 0.271 e. The van der Waals surface area contributed by atoms with Gasteiger partial charge >= 0.3 is 0 Å². The van der Waals surface area contributed by atoms with E-state index in [1.165, 1.54) is 18.2 Å². The third-order valence-corrected chi connectivity index (χ3v) is 4.74. The number of thiocarbonyl (C=S) groups is 1. The molecule has 0 fully saturated rings. The average molecular weight is 410 g/mol. The molecule has 27 heavy (non-hydrogen) atoms. The molecule has 0 saturated heterocycles. The van der Waals surface area contributed by atoms with E-state index >= 15 is 0 Å². The molecule has 0 heterocycles. The standard InChI is InChI=1S/C18H20ClN3O4S/c1-11-7-16(25-3)17(26-4)8-12(11)10-21(2)18(27)20-15-9-13(22(23)24)5-6-14(15)19/h5-9H,10H2,1-4H3,(H,20,27). The van der Waals surface area contributed by atoms with Gasteiger partial charge in [0.05, 0.1) is 29.9 Å². The number of nitro benzene ring substituents is 1. The highest BCUT2D eigenvalue weighted by atomic mass is 35.5. The molecule has 9 heteroatoms. The van der Waals surface area contributed by atoms with Crippen LogP contribution in [0.25, 0.3) is 0 Å². The maximum absolute atomic E-state index is 10.9. The number of ether oxygens (including phenoxy) is 2. The number of nitro groups is 1. The fraction of sp³-hybridized carbons (Fsp3) is 0.278. The predicted molar refractivity (Wildman–Crippen MR) is 110 cm³/mol. The van der Waals surface area contributed by atoms with E-state index in [0.717, 1.165) is 11.1 Å². The van der Waals surface area contributed by atoms with Crippen LogP contribution in [0.5, 0.6) is 11.5 Å². The van der Waals surface area contributed by atoms with Crippen molar-refractivity contribution < 1.29 is 14.4 Å². The van der Waals surface area contributed by atoms with Gasteiger partial charge in [0.2, 0.25) is 0 Å². The first-order valence-electron chi connectivity index (χ1n) is 7.94. The SMILES string of the molecule is COc1cc(C)c(CN(C)C(=S)Nc2cc([N+](=O)[O-])ccc2Cl)cc1OC. The molecule has 0 aliphatic heterocycles. The minimum atomic E-state index is -0.485. The van der Waals surface area contributed by atoms with E-state index in [-0.39, 0.29) is 5.69 Å². The van der Waals surface area contributed by atoms with Gasteiger partial charge in [-0.2, -0.15) is 0 Å². The van der Waals surface area contributed by atoms with Gasteiger partial charge in [-0.05, 0) is 48.5 Å². The summed E-state index contributed by atoms with van der Waals surface area (Å²) in [4.78, 5) is 12.3. The summed E-state index contributed by atoms with van der Waals surface area (Å²) in [6.45, 7) is 2.48. The highest BCUT2D eigenvalue weighted by Crippen LogP contribution is 2.31. The van der Waals surface area contributed by atoms with E-state index in [4.69, 9.17) is 33.3 Å². The molecule has 2 rings (SSSR count). The van der Waals surface area contributed by atoms with Gasteiger partial charge in [0, 0.05) is 25.7 Å². The first kappa shape index (κ1) is 20.7. The Labute approximate surface area is 168 Å². The van der Waals surface area contributed by atoms with Crippen LogP contribution in [0.2, 0.25) is 5.02 Å². The summed E-state index contributed by atoms with van der Waals surface area (Å²) in [5.41, 5.74) is 2.34. The van der Waals surface area contributed by atoms with Gasteiger partial charge in [-0.1, -0.05) is 11.6 Å². The third-order valence-electron chi connectivity index (χ3n) is 4.00. The number of anilines is 1. The van der Waals surface area contributed by atoms with E-state index in [2.05, 4.69) is 5.32 Å². The van der Waals surface area contributed by atoms with Gasteiger partial charge in [0.1, 0.15) is 0 Å². The van der Waals surface area contributed by atoms with Crippen LogP contribution in [-0.2, 0) is 6.54 Å². The molecular weight excluding hydrogens is 390 g/mol. The Morgan fingerprint density at radius 1 is 1.26 bits per heavy atom. The first-order valence-corrected chi connectivity index (χ1v) is 8.73. The summed E-state index contributed by atoms with van der Waals surface area (Å²) in [6.07, 6.45) is 0. The molecule has 0 radical (unpaired) electrons. The molecule has 2 aromatic rings. The van der Waals surface area contributed by atoms with Crippen molar-refractivity contribution in [3.63, 3.8) is 0 Å². The van der Waals surface area contributed by atoms with Gasteiger partial charge in [-0.3, -0.25) is 10.1 Å². The van der Waals surface area contributed by atoms with Crippen LogP contribution >= 0.6 is 23.8 Å². The van der Waals surface area contributed by atoms with E-state index in [9.17, 15) is 10.1 Å². The lowest BCUT2D eigenvalue weighted by molar-refractivity contribution is -0.384. The van der Waals surface area contributed by atoms with Crippen LogP contribution in [0.3, 0.4) is 0 Å². The minimum absolute atomic E-state index is 0.0666. The van der Waals surface area contributed by atoms with Crippen molar-refractivity contribution in [2.75, 3.05) is 26.6 Å². The number of benzene rings is 2. The maximum atomic E-state index is 10.9. The van der Waals surface area contributed by atoms with E-state index in [1.807, 2.05) is 26.1 Å². The van der Waals surface area contributed by atoms with Crippen LogP contribution in [0.4, 0.5) is 11.4 Å². The monoisotopic (exact) mass is 409 g/mol. The molecular formula is C18H20ClN3O4S. The molecule has 0 amide bonds. The summed E-state index contributed by atoms with van der Waals surface area (Å²) >= 11 is 11.5. The Kier molecular flexibility index (Phi) is 6.81. The lowest BCUT2D eigenvalue weighted by Crippen LogP contribution is -2.31. The number of non-ortho nitro benzene ring substituents is 1. The molecule has 0 bridgehead atoms. The van der Waals surface area contributed by atoms with Crippen molar-refractivity contribution in [2.45, 2.75) is 13.5 Å². The molecule has 0 aliphatic carbocycles. The molecule has 0 saturated carbocycles. The molecule has 0 spiro atoms. The molecule has 7 nitrogen and oxygen atoms in total. The van der Waals surface area contributed by atoms with Crippen molar-refractivity contribution in [1.29, 1.82) is 0 Å². The lowest BCUT2D eigenvalue weighted by Gasteiger charge is -2.23. The fourth-order valence-electron chi connectivity index (χ4n) is 2.45. The van der Waals surface area contributed by atoms with Crippen LogP contribution in [-0.4, -0.2) is 36.2 Å². The topological polar surface area (TPSA) is 76.9 Å². The zero-order valence-electron chi connectivity index (χ0n) is 15.4. The van der Waals surface area contributed by atoms with Gasteiger partial charge in [-0.15, -0.1) is 0 Å². The highest BCUT2D eigenvalue weighted by molar-refractivity contribution is 7.80. The predicted octanol–water partition coefficient (Wildman–Crippen LogP) is 4.40. The number of hydrogen-bond donors (Lipinski definition) is 1. The quantitative estimate of drug-likeness (QED) is 0.430. The molecule has 0 atom stereocenters. The van der Waals surface area contributed by atoms with E-state index in [0.29, 0.717) is 33.9 Å². The second-order valence-electron chi connectivity index (χ2n) is 5.84. The van der Waals surface area contributed by atoms with Crippen LogP contribution in [0.15, 0.2) is 30.3 Å². The maximum Gasteiger partial charge on any atom is 0.271 e. The fourth-order valence-corrected chi connectivity index (χ4v) is 2.79. The Morgan fingerprint density at radius 3 is 2.48 bits per heavy atom. The average Bonchev–Trinajstić information content (AvgIpc) is 2.64. The van der Waals surface area contributed by atoms with Crippen molar-refractivity contribution in [1.82, 2.24) is 4.90 Å². The van der Waals surface area contributed by atoms with Crippen LogP contribution < -0.4 is 14.8 Å². The van der Waals surface area contributed by atoms with Crippen LogP contribution in [0, 0.1) is 17.0 Å². The lowest BCUT2D eigenvalue weighted by atomic mass is 10.1. The Morgan fingerprint density at radius 2 is 1.89 bits per heavy atom. The van der Waals surface area contributed by atoms with Crippen LogP contribution in [0.1, 0.15) is 11.1 Å². The Bertz CT molecular complexity index is 876. The minimum Gasteiger partial charge on any atom is -0.493 e.